The number of nitrogens with zero attached hydrogens (tertiary/aromatic N) is 5. The largest absolute Gasteiger partial charge is 0.488 e. The van der Waals surface area contributed by atoms with Gasteiger partial charge in [-0.3, -0.25) is 14.9 Å². The molecule has 4 saturated heterocycles. The third-order valence-electron chi connectivity index (χ3n) is 11.5. The van der Waals surface area contributed by atoms with Gasteiger partial charge in [-0.25, -0.2) is 9.97 Å². The van der Waals surface area contributed by atoms with Crippen molar-refractivity contribution < 1.29 is 77.0 Å². The number of nitro benzene ring substituents is 1. The summed E-state index contributed by atoms with van der Waals surface area (Å²) in [4.78, 5) is 30.6. The highest BCUT2D eigenvalue weighted by Gasteiger charge is 2.45. The van der Waals surface area contributed by atoms with Gasteiger partial charge in [0.1, 0.15) is 29.6 Å². The topological polar surface area (TPSA) is 192 Å². The van der Waals surface area contributed by atoms with E-state index in [4.69, 9.17) is 25.1 Å². The maximum Gasteiger partial charge on any atom is 0.417 e. The standard InChI is InChI=1S/C20H17F6N3O3.C20H19F6N3O.CH2O2.H3N/c21-19(22,23)11-1-5-17(16(7-11)29(30)31)32-15-8-13-3-4-14(9-15)28(13)18-6-2-12(10-27-18)20(24,25)26;21-19(22,23)11-1-5-17(16(27)7-11)30-15-8-13-3-4-14(9-15)29(13)18-6-2-12(10-28-18)20(24,25)26;2-1-3;/h1-2,5-7,10,13-15H,3-4,8-9H2;1-2,5-7,10,13-15H,3-4,8-9,27H2;1H,(H,2,3);1H3/t2*13-,14+,15?;;. The van der Waals surface area contributed by atoms with Crippen LogP contribution in [-0.4, -0.2) is 62.8 Å². The lowest BCUT2D eigenvalue weighted by molar-refractivity contribution is -0.386. The number of rotatable bonds is 7. The Kier molecular flexibility index (Phi) is 15.1. The van der Waals surface area contributed by atoms with Gasteiger partial charge in [0, 0.05) is 68.3 Å². The fraction of sp³-hybridized carbons (Fsp3) is 0.439. The zero-order chi connectivity index (χ0) is 47.6. The highest BCUT2D eigenvalue weighted by atomic mass is 19.4. The van der Waals surface area contributed by atoms with Crippen molar-refractivity contribution in [2.75, 3.05) is 15.5 Å². The number of aromatic nitrogens is 2. The fourth-order valence-electron chi connectivity index (χ4n) is 8.74. The zero-order valence-electron chi connectivity index (χ0n) is 34.2. The average Bonchev–Trinajstić information content (AvgIpc) is 3.65. The van der Waals surface area contributed by atoms with E-state index in [1.165, 1.54) is 18.2 Å². The number of hydrogen-bond donors (Lipinski definition) is 3. The first kappa shape index (κ1) is 50.7. The third kappa shape index (κ3) is 11.8. The molecule has 4 bridgehead atoms. The second kappa shape index (κ2) is 19.7. The van der Waals surface area contributed by atoms with Crippen molar-refractivity contribution in [1.82, 2.24) is 16.1 Å². The molecule has 0 aliphatic carbocycles. The van der Waals surface area contributed by atoms with Crippen LogP contribution in [0.1, 0.15) is 73.6 Å². The predicted octanol–water partition coefficient (Wildman–Crippen LogP) is 10.7. The number of piperidine rings is 2. The van der Waals surface area contributed by atoms with E-state index in [0.29, 0.717) is 43.4 Å². The van der Waals surface area contributed by atoms with Crippen molar-refractivity contribution in [3.05, 3.63) is 105 Å². The molecule has 6 N–H and O–H groups in total. The van der Waals surface area contributed by atoms with Gasteiger partial charge in [-0.1, -0.05) is 0 Å². The number of alkyl halides is 12. The maximum atomic E-state index is 12.9. The Morgan fingerprint density at radius 3 is 1.26 bits per heavy atom. The molecule has 360 valence electrons. The number of anilines is 3. The van der Waals surface area contributed by atoms with Crippen molar-refractivity contribution >= 4 is 29.5 Å². The first-order valence-corrected chi connectivity index (χ1v) is 19.7. The van der Waals surface area contributed by atoms with Crippen LogP contribution in [0.2, 0.25) is 0 Å². The molecule has 0 radical (unpaired) electrons. The maximum absolute atomic E-state index is 12.9. The number of halogens is 12. The van der Waals surface area contributed by atoms with Crippen LogP contribution in [0.3, 0.4) is 0 Å². The molecular weight excluding hydrogens is 914 g/mol. The molecule has 66 heavy (non-hydrogen) atoms. The number of fused-ring (bicyclic) bond motifs is 4. The van der Waals surface area contributed by atoms with E-state index in [1.54, 1.807) is 0 Å². The summed E-state index contributed by atoms with van der Waals surface area (Å²) in [6, 6.07) is 9.70. The molecule has 2 aromatic heterocycles. The molecule has 25 heteroatoms. The lowest BCUT2D eigenvalue weighted by Crippen LogP contribution is -2.46. The number of carboxylic acid groups (broad SMARTS) is 1. The van der Waals surface area contributed by atoms with Gasteiger partial charge in [-0.15, -0.1) is 0 Å². The van der Waals surface area contributed by atoms with Gasteiger partial charge in [0.2, 0.25) is 0 Å². The van der Waals surface area contributed by atoms with Crippen LogP contribution >= 0.6 is 0 Å². The van der Waals surface area contributed by atoms with E-state index in [1.807, 2.05) is 9.80 Å². The highest BCUT2D eigenvalue weighted by Crippen LogP contribution is 2.44. The summed E-state index contributed by atoms with van der Waals surface area (Å²) in [5.41, 5.74) is 1.29. The Hall–Kier alpha value is -6.27. The van der Waals surface area contributed by atoms with Crippen molar-refractivity contribution in [1.29, 1.82) is 0 Å². The van der Waals surface area contributed by atoms with Crippen LogP contribution < -0.4 is 31.2 Å². The Balaban J connectivity index is 0.000000231. The molecule has 4 aromatic rings. The number of pyridine rings is 2. The monoisotopic (exact) mass is 955 g/mol. The molecule has 8 rings (SSSR count). The van der Waals surface area contributed by atoms with E-state index >= 15 is 0 Å². The summed E-state index contributed by atoms with van der Waals surface area (Å²) in [5, 5.41) is 18.2. The van der Waals surface area contributed by atoms with Crippen LogP contribution in [0.4, 0.5) is 75.7 Å². The van der Waals surface area contributed by atoms with Gasteiger partial charge in [0.25, 0.3) is 6.47 Å². The van der Waals surface area contributed by atoms with E-state index in [-0.39, 0.29) is 60.1 Å². The van der Waals surface area contributed by atoms with Gasteiger partial charge in [-0.2, -0.15) is 52.7 Å². The first-order valence-electron chi connectivity index (χ1n) is 19.7. The molecule has 0 spiro atoms. The van der Waals surface area contributed by atoms with Gasteiger partial charge in [0.15, 0.2) is 5.75 Å². The average molecular weight is 956 g/mol. The van der Waals surface area contributed by atoms with Gasteiger partial charge in [0.05, 0.1) is 32.9 Å². The van der Waals surface area contributed by atoms with E-state index < -0.39 is 63.7 Å². The second-order valence-corrected chi connectivity index (χ2v) is 15.6. The third-order valence-corrected chi connectivity index (χ3v) is 11.5. The number of carbonyl (C=O) groups is 1. The Bertz CT molecular complexity index is 2270. The Morgan fingerprint density at radius 2 is 0.939 bits per heavy atom. The van der Waals surface area contributed by atoms with Crippen LogP contribution in [0, 0.1) is 10.1 Å². The molecule has 0 saturated carbocycles. The van der Waals surface area contributed by atoms with Crippen molar-refractivity contribution in [3.8, 4) is 11.5 Å². The lowest BCUT2D eigenvalue weighted by atomic mass is 9.99. The second-order valence-electron chi connectivity index (χ2n) is 15.6. The number of nitrogens with two attached hydrogens (primary N) is 1. The summed E-state index contributed by atoms with van der Waals surface area (Å²) < 4.78 is 165. The molecule has 4 fully saturated rings. The van der Waals surface area contributed by atoms with Gasteiger partial charge < -0.3 is 36.3 Å². The van der Waals surface area contributed by atoms with Crippen molar-refractivity contribution in [3.63, 3.8) is 0 Å². The Morgan fingerprint density at radius 1 is 0.606 bits per heavy atom. The molecule has 6 atom stereocenters. The van der Waals surface area contributed by atoms with Crippen LogP contribution in [0.15, 0.2) is 73.1 Å². The summed E-state index contributed by atoms with van der Waals surface area (Å²) in [7, 11) is 0. The SMILES string of the molecule is N.Nc1cc(C(F)(F)F)ccc1OC1C[C@H]2CC[C@@H](C1)N2c1ccc(C(F)(F)F)cn1.O=CO.O=[N+]([O-])c1cc(C(F)(F)F)ccc1OC1C[C@H]2CC[C@@H](C1)N2c1ccc(C(F)(F)F)cn1. The Labute approximate surface area is 367 Å². The first-order chi connectivity index (χ1) is 30.4. The van der Waals surface area contributed by atoms with Crippen LogP contribution in [0.25, 0.3) is 0 Å². The molecule has 2 unspecified atom stereocenters. The molecule has 6 heterocycles. The molecule has 4 aliphatic heterocycles. The fourth-order valence-corrected chi connectivity index (χ4v) is 8.74. The molecular formula is C41H41F12N7O6. The highest BCUT2D eigenvalue weighted by molar-refractivity contribution is 5.55. The van der Waals surface area contributed by atoms with E-state index in [0.717, 1.165) is 74.5 Å². The van der Waals surface area contributed by atoms with Crippen molar-refractivity contribution in [2.24, 2.45) is 0 Å². The number of hydrogen-bond acceptors (Lipinski definition) is 11. The zero-order valence-corrected chi connectivity index (χ0v) is 34.2. The minimum absolute atomic E-state index is 0. The molecule has 0 amide bonds. The van der Waals surface area contributed by atoms with Crippen LogP contribution in [-0.2, 0) is 29.5 Å². The predicted molar refractivity (Wildman–Crippen MR) is 212 cm³/mol. The molecule has 13 nitrogen and oxygen atoms in total. The lowest BCUT2D eigenvalue weighted by Gasteiger charge is -2.39. The number of benzene rings is 2. The van der Waals surface area contributed by atoms with Crippen LogP contribution in [0.5, 0.6) is 11.5 Å². The molecule has 2 aromatic carbocycles. The summed E-state index contributed by atoms with van der Waals surface area (Å²) in [5.74, 6) is 0.856. The smallest absolute Gasteiger partial charge is 0.417 e. The minimum atomic E-state index is -4.72. The number of ether oxygens (including phenoxy) is 2. The van der Waals surface area contributed by atoms with Crippen molar-refractivity contribution in [2.45, 2.75) is 112 Å². The van der Waals surface area contributed by atoms with Gasteiger partial charge in [-0.05, 0) is 80.3 Å². The normalized spacial score (nSPS) is 22.5. The quantitative estimate of drug-likeness (QED) is 0.0523. The minimum Gasteiger partial charge on any atom is -0.488 e. The summed E-state index contributed by atoms with van der Waals surface area (Å²) >= 11 is 0. The number of nitro groups is 1. The summed E-state index contributed by atoms with van der Waals surface area (Å²) in [6.45, 7) is -0.250. The van der Waals surface area contributed by atoms with Gasteiger partial charge >= 0.3 is 30.4 Å². The van der Waals surface area contributed by atoms with E-state index in [9.17, 15) is 62.8 Å². The summed E-state index contributed by atoms with van der Waals surface area (Å²) in [6.07, 6.45) is -12.1. The number of nitrogen functional groups attached to an aromatic ring is 1. The molecule has 4 aliphatic rings. The van der Waals surface area contributed by atoms with E-state index in [2.05, 4.69) is 9.97 Å².